The molecule has 2 heterocycles. The van der Waals surface area contributed by atoms with Crippen molar-refractivity contribution in [1.82, 2.24) is 9.80 Å². The van der Waals surface area contributed by atoms with Crippen LogP contribution in [0.4, 0.5) is 8.78 Å². The zero-order valence-corrected chi connectivity index (χ0v) is 15.5. The van der Waals surface area contributed by atoms with E-state index in [-0.39, 0.29) is 6.04 Å². The number of rotatable bonds is 4. The molecule has 2 N–H and O–H groups in total. The summed E-state index contributed by atoms with van der Waals surface area (Å²) in [7, 11) is 1.83. The third-order valence-corrected chi connectivity index (χ3v) is 4.91. The van der Waals surface area contributed by atoms with E-state index in [2.05, 4.69) is 4.90 Å². The summed E-state index contributed by atoms with van der Waals surface area (Å²) < 4.78 is 28.0. The van der Waals surface area contributed by atoms with Crippen molar-refractivity contribution in [3.05, 3.63) is 82.9 Å². The largest absolute Gasteiger partial charge is 0.366 e. The molecule has 2 aliphatic heterocycles. The Kier molecular flexibility index (Phi) is 5.44. The van der Waals surface area contributed by atoms with Gasteiger partial charge in [0.25, 0.3) is 5.91 Å². The fraction of sp³-hybridized carbons (Fsp3) is 0.286. The molecule has 1 aromatic carbocycles. The van der Waals surface area contributed by atoms with Crippen LogP contribution in [0, 0.1) is 11.6 Å². The Labute approximate surface area is 157 Å². The fourth-order valence-corrected chi connectivity index (χ4v) is 3.63. The van der Waals surface area contributed by atoms with Gasteiger partial charge in [-0.25, -0.2) is 8.78 Å². The number of nitrogens with two attached hydrogens (primary N) is 1. The van der Waals surface area contributed by atoms with E-state index in [1.54, 1.807) is 12.2 Å². The Morgan fingerprint density at radius 2 is 2.11 bits per heavy atom. The molecule has 1 amide bonds. The van der Waals surface area contributed by atoms with E-state index in [1.807, 2.05) is 37.2 Å². The number of carbonyl (C=O) groups is 1. The zero-order chi connectivity index (χ0) is 19.6. The molecule has 1 atom stereocenters. The van der Waals surface area contributed by atoms with Gasteiger partial charge in [0.2, 0.25) is 0 Å². The molecule has 0 saturated carbocycles. The Balaban J connectivity index is 2.02. The first-order valence-electron chi connectivity index (χ1n) is 8.93. The van der Waals surface area contributed by atoms with E-state index in [9.17, 15) is 13.6 Å². The standard InChI is InChI=1S/C21H23F2N3O/c1-3-5-16(21(24)27)20-13-15(9-11-25(20)2)26-10-4-6-19(26)17-12-14(22)7-8-18(17)23/h3,5,7-9,11-13,19H,4,6,10H2,1-2H3,(H2,24,27)/b5-3?,20-16+. The normalized spacial score (nSPS) is 21.8. The molecule has 3 rings (SSSR count). The van der Waals surface area contributed by atoms with Gasteiger partial charge in [-0.2, -0.15) is 0 Å². The molecule has 1 saturated heterocycles. The summed E-state index contributed by atoms with van der Waals surface area (Å²) in [6.07, 6.45) is 10.7. The number of hydrogen-bond donors (Lipinski definition) is 1. The van der Waals surface area contributed by atoms with Gasteiger partial charge in [-0.3, -0.25) is 4.79 Å². The van der Waals surface area contributed by atoms with Crippen LogP contribution in [-0.4, -0.2) is 29.3 Å². The average Bonchev–Trinajstić information content (AvgIpc) is 3.11. The predicted octanol–water partition coefficient (Wildman–Crippen LogP) is 3.76. The van der Waals surface area contributed by atoms with Gasteiger partial charge in [-0.05, 0) is 50.1 Å². The highest BCUT2D eigenvalue weighted by molar-refractivity contribution is 5.96. The second kappa shape index (κ2) is 7.78. The number of allylic oxidation sites excluding steroid dienone is 3. The maximum atomic E-state index is 14.3. The van der Waals surface area contributed by atoms with Crippen LogP contribution in [0.2, 0.25) is 0 Å². The van der Waals surface area contributed by atoms with Crippen LogP contribution in [-0.2, 0) is 4.79 Å². The summed E-state index contributed by atoms with van der Waals surface area (Å²) in [5, 5.41) is 0. The Hall–Kier alpha value is -2.89. The van der Waals surface area contributed by atoms with Gasteiger partial charge in [-0.15, -0.1) is 0 Å². The smallest absolute Gasteiger partial charge is 0.250 e. The van der Waals surface area contributed by atoms with Crippen LogP contribution in [0.3, 0.4) is 0 Å². The minimum atomic E-state index is -0.519. The van der Waals surface area contributed by atoms with E-state index < -0.39 is 17.5 Å². The second-order valence-electron chi connectivity index (χ2n) is 6.68. The first-order chi connectivity index (χ1) is 12.9. The van der Waals surface area contributed by atoms with Crippen LogP contribution in [0.25, 0.3) is 0 Å². The van der Waals surface area contributed by atoms with Crippen molar-refractivity contribution in [2.75, 3.05) is 13.6 Å². The number of nitrogens with zero attached hydrogens (tertiary/aromatic N) is 2. The van der Waals surface area contributed by atoms with Gasteiger partial charge in [0.05, 0.1) is 17.3 Å². The van der Waals surface area contributed by atoms with E-state index in [0.717, 1.165) is 31.1 Å². The van der Waals surface area contributed by atoms with Crippen molar-refractivity contribution in [3.63, 3.8) is 0 Å². The monoisotopic (exact) mass is 371 g/mol. The quantitative estimate of drug-likeness (QED) is 0.820. The summed E-state index contributed by atoms with van der Waals surface area (Å²) in [5.74, 6) is -1.38. The molecule has 0 bridgehead atoms. The number of likely N-dealkylation sites (N-methyl/N-ethyl adjacent to an activating group) is 1. The zero-order valence-electron chi connectivity index (χ0n) is 15.5. The number of amides is 1. The van der Waals surface area contributed by atoms with Crippen molar-refractivity contribution >= 4 is 5.91 Å². The van der Waals surface area contributed by atoms with Crippen molar-refractivity contribution in [2.45, 2.75) is 25.8 Å². The third-order valence-electron chi connectivity index (χ3n) is 4.91. The van der Waals surface area contributed by atoms with Crippen molar-refractivity contribution in [1.29, 1.82) is 0 Å². The molecular weight excluding hydrogens is 348 g/mol. The molecule has 6 heteroatoms. The summed E-state index contributed by atoms with van der Waals surface area (Å²) >= 11 is 0. The number of halogens is 2. The van der Waals surface area contributed by atoms with Gasteiger partial charge in [0, 0.05) is 31.1 Å². The highest BCUT2D eigenvalue weighted by atomic mass is 19.1. The average molecular weight is 371 g/mol. The molecule has 1 aromatic rings. The molecular formula is C21H23F2N3O. The van der Waals surface area contributed by atoms with Gasteiger partial charge in [0.15, 0.2) is 0 Å². The first-order valence-corrected chi connectivity index (χ1v) is 8.93. The third kappa shape index (κ3) is 3.79. The lowest BCUT2D eigenvalue weighted by atomic mass is 10.0. The van der Waals surface area contributed by atoms with Gasteiger partial charge in [-0.1, -0.05) is 12.2 Å². The van der Waals surface area contributed by atoms with Crippen LogP contribution >= 0.6 is 0 Å². The van der Waals surface area contributed by atoms with Crippen molar-refractivity contribution in [3.8, 4) is 0 Å². The predicted molar refractivity (Wildman–Crippen MR) is 101 cm³/mol. The minimum absolute atomic E-state index is 0.250. The van der Waals surface area contributed by atoms with Crippen LogP contribution in [0.5, 0.6) is 0 Å². The SMILES string of the molecule is CC=C/C(C(N)=O)=C1/C=C(N2CCCC2c2cc(F)ccc2F)C=CN1C. The van der Waals surface area contributed by atoms with Crippen LogP contribution < -0.4 is 5.73 Å². The number of likely N-dealkylation sites (tertiary alicyclic amines) is 1. The Bertz CT molecular complexity index is 870. The van der Waals surface area contributed by atoms with Crippen LogP contribution in [0.1, 0.15) is 31.4 Å². The van der Waals surface area contributed by atoms with Crippen molar-refractivity contribution in [2.24, 2.45) is 5.73 Å². The summed E-state index contributed by atoms with van der Waals surface area (Å²) in [5.41, 5.74) is 7.81. The van der Waals surface area contributed by atoms with E-state index >= 15 is 0 Å². The lowest BCUT2D eigenvalue weighted by Crippen LogP contribution is -2.27. The maximum Gasteiger partial charge on any atom is 0.250 e. The number of carbonyl (C=O) groups excluding carboxylic acids is 1. The fourth-order valence-electron chi connectivity index (χ4n) is 3.63. The Morgan fingerprint density at radius 1 is 1.33 bits per heavy atom. The summed E-state index contributed by atoms with van der Waals surface area (Å²) in [4.78, 5) is 15.7. The molecule has 0 radical (unpaired) electrons. The molecule has 2 aliphatic rings. The molecule has 1 unspecified atom stereocenters. The summed E-state index contributed by atoms with van der Waals surface area (Å²) in [6.45, 7) is 2.54. The lowest BCUT2D eigenvalue weighted by molar-refractivity contribution is -0.114. The number of hydrogen-bond acceptors (Lipinski definition) is 3. The second-order valence-corrected chi connectivity index (χ2v) is 6.68. The molecule has 0 spiro atoms. The molecule has 142 valence electrons. The number of benzene rings is 1. The van der Waals surface area contributed by atoms with Gasteiger partial charge >= 0.3 is 0 Å². The summed E-state index contributed by atoms with van der Waals surface area (Å²) in [6, 6.07) is 3.31. The highest BCUT2D eigenvalue weighted by Crippen LogP contribution is 2.38. The molecule has 0 aromatic heterocycles. The molecule has 27 heavy (non-hydrogen) atoms. The topological polar surface area (TPSA) is 49.6 Å². The first kappa shape index (κ1) is 18.9. The van der Waals surface area contributed by atoms with Gasteiger partial charge < -0.3 is 15.5 Å². The van der Waals surface area contributed by atoms with Gasteiger partial charge in [0.1, 0.15) is 11.6 Å². The van der Waals surface area contributed by atoms with Crippen LogP contribution in [0.15, 0.2) is 65.7 Å². The molecule has 0 aliphatic carbocycles. The maximum absolute atomic E-state index is 14.3. The number of primary amides is 1. The van der Waals surface area contributed by atoms with E-state index in [0.29, 0.717) is 16.8 Å². The highest BCUT2D eigenvalue weighted by Gasteiger charge is 2.30. The lowest BCUT2D eigenvalue weighted by Gasteiger charge is -2.32. The van der Waals surface area contributed by atoms with E-state index in [4.69, 9.17) is 5.73 Å². The molecule has 4 nitrogen and oxygen atoms in total. The Morgan fingerprint density at radius 3 is 2.81 bits per heavy atom. The van der Waals surface area contributed by atoms with E-state index in [1.165, 1.54) is 12.1 Å². The molecule has 1 fully saturated rings. The minimum Gasteiger partial charge on any atom is -0.366 e. The van der Waals surface area contributed by atoms with Crippen molar-refractivity contribution < 1.29 is 13.6 Å².